The number of benzene rings is 1. The molecule has 1 saturated heterocycles. The average molecular weight is 611 g/mol. The molecule has 1 aliphatic heterocycles. The van der Waals surface area contributed by atoms with Crippen LogP contribution in [-0.4, -0.2) is 73.3 Å². The van der Waals surface area contributed by atoms with Crippen LogP contribution in [0.15, 0.2) is 46.9 Å². The molecule has 0 saturated carbocycles. The zero-order valence-electron chi connectivity index (χ0n) is 24.5. The van der Waals surface area contributed by atoms with Crippen LogP contribution in [0.4, 0.5) is 16.2 Å². The molecule has 3 aromatic heterocycles. The number of thiazole rings is 1. The predicted molar refractivity (Wildman–Crippen MR) is 164 cm³/mol. The summed E-state index contributed by atoms with van der Waals surface area (Å²) in [6.07, 6.45) is 3.13. The molecule has 0 aliphatic carbocycles. The summed E-state index contributed by atoms with van der Waals surface area (Å²) in [5, 5.41) is 1.60. The van der Waals surface area contributed by atoms with E-state index in [1.54, 1.807) is 37.2 Å². The molecule has 0 radical (unpaired) electrons. The van der Waals surface area contributed by atoms with Gasteiger partial charge in [-0.05, 0) is 64.4 Å². The van der Waals surface area contributed by atoms with Crippen molar-refractivity contribution in [2.75, 3.05) is 42.9 Å². The summed E-state index contributed by atoms with van der Waals surface area (Å²) in [4.78, 5) is 29.7. The lowest BCUT2D eigenvalue weighted by Gasteiger charge is -2.37. The fourth-order valence-electron chi connectivity index (χ4n) is 4.84. The van der Waals surface area contributed by atoms with Gasteiger partial charge >= 0.3 is 6.09 Å². The number of fused-ring (bicyclic) bond motifs is 1. The Hall–Kier alpha value is -3.97. The molecule has 42 heavy (non-hydrogen) atoms. The zero-order chi connectivity index (χ0) is 30.2. The Kier molecular flexibility index (Phi) is 7.99. The summed E-state index contributed by atoms with van der Waals surface area (Å²) in [7, 11) is -2.46. The van der Waals surface area contributed by atoms with Crippen LogP contribution >= 0.6 is 11.3 Å². The number of aryl methyl sites for hydroxylation is 2. The van der Waals surface area contributed by atoms with Crippen LogP contribution in [0.2, 0.25) is 0 Å². The number of carbonyl (C=O) groups is 1. The predicted octanol–water partition coefficient (Wildman–Crippen LogP) is 5.24. The van der Waals surface area contributed by atoms with Crippen LogP contribution in [0.1, 0.15) is 31.5 Å². The summed E-state index contributed by atoms with van der Waals surface area (Å²) in [5.41, 5.74) is 3.50. The minimum atomic E-state index is -3.90. The average Bonchev–Trinajstić information content (AvgIpc) is 3.30. The number of sulfonamides is 1. The number of hydrogen-bond acceptors (Lipinski definition) is 10. The molecule has 4 heterocycles. The number of anilines is 2. The maximum Gasteiger partial charge on any atom is 0.410 e. The minimum absolute atomic E-state index is 0.153. The fourth-order valence-corrected chi connectivity index (χ4v) is 7.38. The molecule has 0 bridgehead atoms. The molecule has 1 fully saturated rings. The first-order valence-electron chi connectivity index (χ1n) is 13.5. The third kappa shape index (κ3) is 6.26. The van der Waals surface area contributed by atoms with E-state index in [4.69, 9.17) is 9.47 Å². The molecule has 11 nitrogen and oxygen atoms in total. The largest absolute Gasteiger partial charge is 0.480 e. The number of rotatable bonds is 6. The van der Waals surface area contributed by atoms with E-state index in [1.807, 2.05) is 45.0 Å². The van der Waals surface area contributed by atoms with Crippen LogP contribution < -0.4 is 14.4 Å². The third-order valence-electron chi connectivity index (χ3n) is 6.72. The minimum Gasteiger partial charge on any atom is -0.480 e. The molecule has 0 unspecified atom stereocenters. The van der Waals surface area contributed by atoms with Crippen LogP contribution in [-0.2, 0) is 14.8 Å². The number of nitrogens with one attached hydrogen (secondary N) is 1. The highest BCUT2D eigenvalue weighted by molar-refractivity contribution is 7.94. The highest BCUT2D eigenvalue weighted by Gasteiger charge is 2.27. The lowest BCUT2D eigenvalue weighted by atomic mass is 10.0. The second-order valence-electron chi connectivity index (χ2n) is 11.0. The van der Waals surface area contributed by atoms with Crippen molar-refractivity contribution >= 4 is 49.7 Å². The molecule has 222 valence electrons. The molecule has 1 aliphatic rings. The van der Waals surface area contributed by atoms with Gasteiger partial charge in [0.05, 0.1) is 23.3 Å². The van der Waals surface area contributed by atoms with Crippen LogP contribution in [0.25, 0.3) is 22.0 Å². The summed E-state index contributed by atoms with van der Waals surface area (Å²) in [5.74, 6) is 0.159. The van der Waals surface area contributed by atoms with E-state index in [0.29, 0.717) is 42.4 Å². The van der Waals surface area contributed by atoms with Crippen LogP contribution in [0.5, 0.6) is 5.88 Å². The van der Waals surface area contributed by atoms with Gasteiger partial charge in [-0.1, -0.05) is 6.07 Å². The fraction of sp³-hybridized carbons (Fsp3) is 0.379. The second kappa shape index (κ2) is 11.4. The Bertz CT molecular complexity index is 1740. The topological polar surface area (TPSA) is 127 Å². The van der Waals surface area contributed by atoms with Gasteiger partial charge in [-0.2, -0.15) is 0 Å². The normalized spacial score (nSPS) is 14.2. The van der Waals surface area contributed by atoms with E-state index in [1.165, 1.54) is 7.11 Å². The number of nitrogens with zero attached hydrogens (tertiary/aromatic N) is 5. The van der Waals surface area contributed by atoms with E-state index >= 15 is 0 Å². The maximum absolute atomic E-state index is 13.2. The van der Waals surface area contributed by atoms with Gasteiger partial charge in [0.25, 0.3) is 10.0 Å². The van der Waals surface area contributed by atoms with Gasteiger partial charge in [-0.3, -0.25) is 9.71 Å². The molecule has 13 heteroatoms. The van der Waals surface area contributed by atoms with Crippen molar-refractivity contribution in [1.82, 2.24) is 19.9 Å². The summed E-state index contributed by atoms with van der Waals surface area (Å²) in [6.45, 7) is 11.4. The smallest absolute Gasteiger partial charge is 0.410 e. The van der Waals surface area contributed by atoms with Crippen LogP contribution in [0, 0.1) is 13.8 Å². The zero-order valence-corrected chi connectivity index (χ0v) is 26.1. The van der Waals surface area contributed by atoms with Crippen molar-refractivity contribution < 1.29 is 22.7 Å². The molecule has 1 amide bonds. The highest BCUT2D eigenvalue weighted by Crippen LogP contribution is 2.35. The van der Waals surface area contributed by atoms with E-state index in [2.05, 4.69) is 24.6 Å². The molecule has 0 atom stereocenters. The first kappa shape index (κ1) is 29.5. The summed E-state index contributed by atoms with van der Waals surface area (Å²) < 4.78 is 40.1. The Balaban J connectivity index is 1.43. The van der Waals surface area contributed by atoms with E-state index in [0.717, 1.165) is 33.5 Å². The number of pyridine rings is 2. The molecular weight excluding hydrogens is 576 g/mol. The number of amides is 1. The molecular formula is C29H34N6O5S2. The number of ether oxygens (including phenoxy) is 2. The number of methoxy groups -OCH3 is 1. The first-order chi connectivity index (χ1) is 19.8. The van der Waals surface area contributed by atoms with Crippen molar-refractivity contribution in [2.24, 2.45) is 0 Å². The Morgan fingerprint density at radius 3 is 2.40 bits per heavy atom. The number of aromatic nitrogens is 3. The highest BCUT2D eigenvalue weighted by atomic mass is 32.2. The summed E-state index contributed by atoms with van der Waals surface area (Å²) >= 11 is 1.11. The quantitative estimate of drug-likeness (QED) is 0.312. The Morgan fingerprint density at radius 2 is 1.76 bits per heavy atom. The lowest BCUT2D eigenvalue weighted by molar-refractivity contribution is 0.0240. The van der Waals surface area contributed by atoms with Gasteiger partial charge in [0.1, 0.15) is 11.3 Å². The molecule has 4 aromatic rings. The lowest BCUT2D eigenvalue weighted by Crippen LogP contribution is -2.50. The van der Waals surface area contributed by atoms with Crippen molar-refractivity contribution in [3.05, 3.63) is 53.4 Å². The van der Waals surface area contributed by atoms with Gasteiger partial charge in [-0.15, -0.1) is 11.3 Å². The van der Waals surface area contributed by atoms with Gasteiger partial charge in [0.15, 0.2) is 4.21 Å². The third-order valence-corrected chi connectivity index (χ3v) is 9.77. The Labute approximate surface area is 249 Å². The SMILES string of the molecule is COc1ncc(-c2ccc3nccc(N4CCN(C(=O)OC(C)(C)C)CC4)c3c2)cc1NS(=O)(=O)c1sc(C)nc1C. The molecule has 1 aromatic carbocycles. The number of piperazine rings is 1. The summed E-state index contributed by atoms with van der Waals surface area (Å²) in [6, 6.07) is 9.57. The molecule has 5 rings (SSSR count). The van der Waals surface area contributed by atoms with Crippen molar-refractivity contribution in [2.45, 2.75) is 44.4 Å². The van der Waals surface area contributed by atoms with Gasteiger partial charge in [0, 0.05) is 55.2 Å². The van der Waals surface area contributed by atoms with E-state index in [9.17, 15) is 13.2 Å². The molecule has 1 N–H and O–H groups in total. The van der Waals surface area contributed by atoms with Gasteiger partial charge < -0.3 is 19.3 Å². The monoisotopic (exact) mass is 610 g/mol. The maximum atomic E-state index is 13.2. The van der Waals surface area contributed by atoms with Gasteiger partial charge in [0.2, 0.25) is 5.88 Å². The molecule has 0 spiro atoms. The first-order valence-corrected chi connectivity index (χ1v) is 15.8. The van der Waals surface area contributed by atoms with E-state index in [-0.39, 0.29) is 21.9 Å². The van der Waals surface area contributed by atoms with E-state index < -0.39 is 15.6 Å². The van der Waals surface area contributed by atoms with Gasteiger partial charge in [-0.25, -0.2) is 23.2 Å². The van der Waals surface area contributed by atoms with Crippen molar-refractivity contribution in [3.63, 3.8) is 0 Å². The van der Waals surface area contributed by atoms with Crippen LogP contribution in [0.3, 0.4) is 0 Å². The number of carbonyl (C=O) groups excluding carboxylic acids is 1. The second-order valence-corrected chi connectivity index (χ2v) is 14.1. The Morgan fingerprint density at radius 1 is 1.02 bits per heavy atom. The number of hydrogen-bond donors (Lipinski definition) is 1. The van der Waals surface area contributed by atoms with Crippen molar-refractivity contribution in [1.29, 1.82) is 0 Å². The standard InChI is InChI=1S/C29H34N6O5S2/c1-18-27(41-19(2)32-18)42(37,38)33-24-16-21(17-31-26(24)39-6)20-7-8-23-22(15-20)25(9-10-30-23)34-11-13-35(14-12-34)28(36)40-29(3,4)5/h7-10,15-17,33H,11-14H2,1-6H3. The van der Waals surface area contributed by atoms with Crippen molar-refractivity contribution in [3.8, 4) is 17.0 Å².